The number of hydrogen-bond acceptors (Lipinski definition) is 3. The number of unbranched alkanes of at least 4 members (excludes halogenated alkanes) is 1. The molecule has 1 saturated heterocycles. The molecule has 0 aliphatic carbocycles. The van der Waals surface area contributed by atoms with Crippen LogP contribution in [0.3, 0.4) is 0 Å². The van der Waals surface area contributed by atoms with Crippen molar-refractivity contribution in [1.82, 2.24) is 4.90 Å². The van der Waals surface area contributed by atoms with E-state index in [1.54, 1.807) is 12.1 Å². The molecule has 1 aliphatic heterocycles. The lowest BCUT2D eigenvalue weighted by molar-refractivity contribution is 0.134. The molecule has 3 nitrogen and oxygen atoms in total. The van der Waals surface area contributed by atoms with Gasteiger partial charge in [0.1, 0.15) is 5.75 Å². The molecule has 0 unspecified atom stereocenters. The van der Waals surface area contributed by atoms with Crippen LogP contribution in [-0.2, 0) is 0 Å². The summed E-state index contributed by atoms with van der Waals surface area (Å²) in [6.45, 7) is 9.18. The third-order valence-corrected chi connectivity index (χ3v) is 4.54. The van der Waals surface area contributed by atoms with Gasteiger partial charge in [-0.25, -0.2) is 0 Å². The highest BCUT2D eigenvalue weighted by Crippen LogP contribution is 2.22. The monoisotopic (exact) mass is 286 g/mol. The van der Waals surface area contributed by atoms with Gasteiger partial charge in [0.25, 0.3) is 0 Å². The standard InChI is InChI=1S/C18H26N2O/c1-15-9-11-20(14-16(15)2)10-3-4-12-21-18-7-5-17(13-19)6-8-18/h5-8,15-16H,3-4,9-12,14H2,1-2H3/t15-,16-/m1/s1. The Kier molecular flexibility index (Phi) is 6.07. The lowest BCUT2D eigenvalue weighted by Crippen LogP contribution is -2.38. The Bertz CT molecular complexity index is 463. The lowest BCUT2D eigenvalue weighted by Gasteiger charge is -2.35. The first-order valence-corrected chi connectivity index (χ1v) is 8.04. The van der Waals surface area contributed by atoms with Crippen LogP contribution in [0.2, 0.25) is 0 Å². The molecule has 0 spiro atoms. The van der Waals surface area contributed by atoms with Crippen LogP contribution in [0, 0.1) is 23.2 Å². The molecule has 1 heterocycles. The molecule has 1 aromatic rings. The van der Waals surface area contributed by atoms with Gasteiger partial charge < -0.3 is 9.64 Å². The lowest BCUT2D eigenvalue weighted by atomic mass is 9.88. The highest BCUT2D eigenvalue weighted by atomic mass is 16.5. The maximum atomic E-state index is 8.74. The predicted octanol–water partition coefficient (Wildman–Crippen LogP) is 3.70. The summed E-state index contributed by atoms with van der Waals surface area (Å²) in [5, 5.41) is 8.74. The van der Waals surface area contributed by atoms with Crippen molar-refractivity contribution < 1.29 is 4.74 Å². The van der Waals surface area contributed by atoms with Crippen molar-refractivity contribution in [2.75, 3.05) is 26.2 Å². The van der Waals surface area contributed by atoms with Gasteiger partial charge in [0, 0.05) is 6.54 Å². The Labute approximate surface area is 128 Å². The first-order chi connectivity index (χ1) is 10.2. The Morgan fingerprint density at radius 1 is 1.19 bits per heavy atom. The van der Waals surface area contributed by atoms with Crippen LogP contribution in [0.5, 0.6) is 5.75 Å². The number of nitriles is 1. The van der Waals surface area contributed by atoms with Gasteiger partial charge in [-0.15, -0.1) is 0 Å². The smallest absolute Gasteiger partial charge is 0.119 e. The minimum absolute atomic E-state index is 0.677. The van der Waals surface area contributed by atoms with E-state index in [9.17, 15) is 0 Å². The third kappa shape index (κ3) is 5.06. The first-order valence-electron chi connectivity index (χ1n) is 8.04. The Balaban J connectivity index is 1.58. The van der Waals surface area contributed by atoms with E-state index in [1.165, 1.54) is 32.5 Å². The Morgan fingerprint density at radius 3 is 2.62 bits per heavy atom. The minimum Gasteiger partial charge on any atom is -0.494 e. The van der Waals surface area contributed by atoms with Crippen LogP contribution in [-0.4, -0.2) is 31.1 Å². The van der Waals surface area contributed by atoms with E-state index >= 15 is 0 Å². The van der Waals surface area contributed by atoms with Gasteiger partial charge in [-0.3, -0.25) is 0 Å². The van der Waals surface area contributed by atoms with Crippen molar-refractivity contribution in [2.24, 2.45) is 11.8 Å². The number of benzene rings is 1. The van der Waals surface area contributed by atoms with Crippen molar-refractivity contribution in [3.05, 3.63) is 29.8 Å². The predicted molar refractivity (Wildman–Crippen MR) is 85.3 cm³/mol. The maximum Gasteiger partial charge on any atom is 0.119 e. The Morgan fingerprint density at radius 2 is 1.95 bits per heavy atom. The summed E-state index contributed by atoms with van der Waals surface area (Å²) in [6, 6.07) is 9.44. The topological polar surface area (TPSA) is 36.3 Å². The molecule has 0 saturated carbocycles. The van der Waals surface area contributed by atoms with E-state index in [-0.39, 0.29) is 0 Å². The first kappa shape index (κ1) is 15.9. The van der Waals surface area contributed by atoms with E-state index < -0.39 is 0 Å². The molecule has 1 aliphatic rings. The fourth-order valence-corrected chi connectivity index (χ4v) is 2.81. The molecule has 0 N–H and O–H groups in total. The van der Waals surface area contributed by atoms with E-state index in [0.29, 0.717) is 5.56 Å². The van der Waals surface area contributed by atoms with Crippen LogP contribution in [0.25, 0.3) is 0 Å². The molecular weight excluding hydrogens is 260 g/mol. The molecule has 2 atom stereocenters. The summed E-state index contributed by atoms with van der Waals surface area (Å²) in [5.74, 6) is 2.56. The summed E-state index contributed by atoms with van der Waals surface area (Å²) in [7, 11) is 0. The van der Waals surface area contributed by atoms with E-state index in [4.69, 9.17) is 10.00 Å². The molecule has 0 amide bonds. The van der Waals surface area contributed by atoms with Crippen molar-refractivity contribution in [1.29, 1.82) is 5.26 Å². The molecule has 3 heteroatoms. The zero-order chi connectivity index (χ0) is 15.1. The summed E-state index contributed by atoms with van der Waals surface area (Å²) in [6.07, 6.45) is 3.61. The number of rotatable bonds is 6. The number of nitrogens with zero attached hydrogens (tertiary/aromatic N) is 2. The van der Waals surface area contributed by atoms with Crippen molar-refractivity contribution in [3.63, 3.8) is 0 Å². The number of piperidine rings is 1. The third-order valence-electron chi connectivity index (χ3n) is 4.54. The SMILES string of the molecule is C[C@@H]1CCN(CCCCOc2ccc(C#N)cc2)C[C@H]1C. The summed E-state index contributed by atoms with van der Waals surface area (Å²) < 4.78 is 5.71. The van der Waals surface area contributed by atoms with E-state index in [2.05, 4.69) is 24.8 Å². The quantitative estimate of drug-likeness (QED) is 0.748. The zero-order valence-corrected chi connectivity index (χ0v) is 13.2. The van der Waals surface area contributed by atoms with Crippen LogP contribution in [0.1, 0.15) is 38.7 Å². The fourth-order valence-electron chi connectivity index (χ4n) is 2.81. The number of hydrogen-bond donors (Lipinski definition) is 0. The maximum absolute atomic E-state index is 8.74. The van der Waals surface area contributed by atoms with E-state index in [0.717, 1.165) is 30.6 Å². The molecule has 0 radical (unpaired) electrons. The number of likely N-dealkylation sites (tertiary alicyclic amines) is 1. The second kappa shape index (κ2) is 8.05. The molecule has 0 aromatic heterocycles. The normalized spacial score (nSPS) is 22.7. The van der Waals surface area contributed by atoms with Gasteiger partial charge in [0.15, 0.2) is 0 Å². The molecule has 21 heavy (non-hydrogen) atoms. The van der Waals surface area contributed by atoms with Crippen LogP contribution < -0.4 is 4.74 Å². The van der Waals surface area contributed by atoms with E-state index in [1.807, 2.05) is 12.1 Å². The van der Waals surface area contributed by atoms with Crippen LogP contribution in [0.15, 0.2) is 24.3 Å². The molecule has 1 aromatic carbocycles. The van der Waals surface area contributed by atoms with Gasteiger partial charge in [-0.2, -0.15) is 5.26 Å². The van der Waals surface area contributed by atoms with Crippen molar-refractivity contribution in [3.8, 4) is 11.8 Å². The van der Waals surface area contributed by atoms with Gasteiger partial charge in [-0.05, 0) is 68.5 Å². The number of ether oxygens (including phenoxy) is 1. The van der Waals surface area contributed by atoms with Crippen LogP contribution >= 0.6 is 0 Å². The van der Waals surface area contributed by atoms with Gasteiger partial charge in [0.2, 0.25) is 0 Å². The average molecular weight is 286 g/mol. The zero-order valence-electron chi connectivity index (χ0n) is 13.2. The average Bonchev–Trinajstić information content (AvgIpc) is 2.51. The molecular formula is C18H26N2O. The fraction of sp³-hybridized carbons (Fsp3) is 0.611. The Hall–Kier alpha value is -1.53. The molecule has 1 fully saturated rings. The summed E-state index contributed by atoms with van der Waals surface area (Å²) in [5.41, 5.74) is 0.677. The van der Waals surface area contributed by atoms with Crippen molar-refractivity contribution in [2.45, 2.75) is 33.1 Å². The molecule has 2 rings (SSSR count). The minimum atomic E-state index is 0.677. The van der Waals surface area contributed by atoms with Crippen molar-refractivity contribution >= 4 is 0 Å². The highest BCUT2D eigenvalue weighted by molar-refractivity contribution is 5.34. The highest BCUT2D eigenvalue weighted by Gasteiger charge is 2.21. The summed E-state index contributed by atoms with van der Waals surface area (Å²) in [4.78, 5) is 2.59. The summed E-state index contributed by atoms with van der Waals surface area (Å²) >= 11 is 0. The second-order valence-electron chi connectivity index (χ2n) is 6.24. The van der Waals surface area contributed by atoms with Gasteiger partial charge in [-0.1, -0.05) is 13.8 Å². The van der Waals surface area contributed by atoms with Gasteiger partial charge in [0.05, 0.1) is 18.2 Å². The molecule has 0 bridgehead atoms. The molecule has 114 valence electrons. The second-order valence-corrected chi connectivity index (χ2v) is 6.24. The largest absolute Gasteiger partial charge is 0.494 e. The van der Waals surface area contributed by atoms with Gasteiger partial charge >= 0.3 is 0 Å². The van der Waals surface area contributed by atoms with Crippen LogP contribution in [0.4, 0.5) is 0 Å².